The van der Waals surface area contributed by atoms with Gasteiger partial charge in [0, 0.05) is 25.2 Å². The third-order valence-electron chi connectivity index (χ3n) is 3.11. The van der Waals surface area contributed by atoms with Crippen molar-refractivity contribution in [3.63, 3.8) is 0 Å². The van der Waals surface area contributed by atoms with Crippen LogP contribution in [0.5, 0.6) is 0 Å². The summed E-state index contributed by atoms with van der Waals surface area (Å²) in [5, 5.41) is 9.21. The molecule has 0 aromatic carbocycles. The highest BCUT2D eigenvalue weighted by molar-refractivity contribution is 14.0. The summed E-state index contributed by atoms with van der Waals surface area (Å²) in [5.41, 5.74) is -0.771. The highest BCUT2D eigenvalue weighted by atomic mass is 127. The first kappa shape index (κ1) is 24.7. The number of halogens is 1. The standard InChI is InChI=1S/C17H33N5O3.HI/c1-8-18-14(19-9-13(23)21-16(2,3)4)20-12-10-22(11-12)15(24)25-17(5,6)7;/h12H,8-11H2,1-7H3,(H,21,23)(H2,18,19,20);1H. The van der Waals surface area contributed by atoms with Crippen LogP contribution in [0.4, 0.5) is 4.79 Å². The number of aliphatic imine (C=N–C) groups is 1. The number of amides is 2. The third-order valence-corrected chi connectivity index (χ3v) is 3.11. The molecule has 0 unspecified atom stereocenters. The van der Waals surface area contributed by atoms with E-state index in [0.29, 0.717) is 25.6 Å². The molecule has 0 radical (unpaired) electrons. The van der Waals surface area contributed by atoms with Crippen LogP contribution in [0.1, 0.15) is 48.5 Å². The van der Waals surface area contributed by atoms with Crippen LogP contribution in [0.25, 0.3) is 0 Å². The summed E-state index contributed by atoms with van der Waals surface area (Å²) in [7, 11) is 0. The molecule has 0 bridgehead atoms. The van der Waals surface area contributed by atoms with Crippen LogP contribution in [0.2, 0.25) is 0 Å². The smallest absolute Gasteiger partial charge is 0.410 e. The zero-order valence-electron chi connectivity index (χ0n) is 16.9. The molecular weight excluding hydrogens is 449 g/mol. The first-order valence-electron chi connectivity index (χ1n) is 8.73. The van der Waals surface area contributed by atoms with Crippen molar-refractivity contribution in [1.29, 1.82) is 0 Å². The van der Waals surface area contributed by atoms with E-state index < -0.39 is 5.60 Å². The highest BCUT2D eigenvalue weighted by Gasteiger charge is 2.34. The molecule has 1 saturated heterocycles. The highest BCUT2D eigenvalue weighted by Crippen LogP contribution is 2.15. The van der Waals surface area contributed by atoms with E-state index in [-0.39, 0.29) is 54.1 Å². The Morgan fingerprint density at radius 1 is 1.15 bits per heavy atom. The SMILES string of the molecule is CCNC(=NCC(=O)NC(C)(C)C)NC1CN(C(=O)OC(C)(C)C)C1.I. The summed E-state index contributed by atoms with van der Waals surface area (Å²) in [6.45, 7) is 15.1. The van der Waals surface area contributed by atoms with Crippen molar-refractivity contribution in [1.82, 2.24) is 20.9 Å². The lowest BCUT2D eigenvalue weighted by molar-refractivity contribution is -0.121. The zero-order chi connectivity index (χ0) is 19.3. The van der Waals surface area contributed by atoms with E-state index in [9.17, 15) is 9.59 Å². The minimum atomic E-state index is -0.494. The van der Waals surface area contributed by atoms with Crippen molar-refractivity contribution in [2.24, 2.45) is 4.99 Å². The molecule has 0 aliphatic carbocycles. The Kier molecular flexibility index (Phi) is 9.68. The molecule has 0 saturated carbocycles. The molecular formula is C17H34IN5O3. The summed E-state index contributed by atoms with van der Waals surface area (Å²) in [6.07, 6.45) is -0.308. The van der Waals surface area contributed by atoms with Crippen molar-refractivity contribution in [2.75, 3.05) is 26.2 Å². The second-order valence-corrected chi connectivity index (χ2v) is 8.22. The lowest BCUT2D eigenvalue weighted by Gasteiger charge is -2.40. The quantitative estimate of drug-likeness (QED) is 0.322. The molecule has 1 heterocycles. The predicted molar refractivity (Wildman–Crippen MR) is 114 cm³/mol. The van der Waals surface area contributed by atoms with Crippen LogP contribution in [0, 0.1) is 0 Å². The average Bonchev–Trinajstić information content (AvgIpc) is 2.35. The first-order chi connectivity index (χ1) is 11.4. The second kappa shape index (κ2) is 10.2. The Hall–Kier alpha value is -1.26. The average molecular weight is 483 g/mol. The maximum atomic E-state index is 11.9. The molecule has 1 fully saturated rings. The summed E-state index contributed by atoms with van der Waals surface area (Å²) in [6, 6.07) is 0.0935. The van der Waals surface area contributed by atoms with Crippen LogP contribution in [-0.2, 0) is 9.53 Å². The molecule has 2 amide bonds. The van der Waals surface area contributed by atoms with Crippen LogP contribution < -0.4 is 16.0 Å². The summed E-state index contributed by atoms with van der Waals surface area (Å²) in [4.78, 5) is 29.7. The van der Waals surface area contributed by atoms with Gasteiger partial charge in [0.1, 0.15) is 12.1 Å². The van der Waals surface area contributed by atoms with Crippen LogP contribution in [0.15, 0.2) is 4.99 Å². The van der Waals surface area contributed by atoms with E-state index in [4.69, 9.17) is 4.74 Å². The maximum absolute atomic E-state index is 11.9. The number of ether oxygens (including phenoxy) is 1. The minimum absolute atomic E-state index is 0. The Balaban J connectivity index is 0.00000625. The van der Waals surface area contributed by atoms with Gasteiger partial charge in [0.25, 0.3) is 0 Å². The van der Waals surface area contributed by atoms with Gasteiger partial charge >= 0.3 is 6.09 Å². The molecule has 0 spiro atoms. The largest absolute Gasteiger partial charge is 0.444 e. The van der Waals surface area contributed by atoms with Crippen LogP contribution >= 0.6 is 24.0 Å². The zero-order valence-corrected chi connectivity index (χ0v) is 19.3. The van der Waals surface area contributed by atoms with Crippen molar-refractivity contribution in [2.45, 2.75) is 65.6 Å². The topological polar surface area (TPSA) is 95.1 Å². The van der Waals surface area contributed by atoms with Gasteiger partial charge in [-0.3, -0.25) is 4.79 Å². The molecule has 8 nitrogen and oxygen atoms in total. The Morgan fingerprint density at radius 2 is 1.73 bits per heavy atom. The monoisotopic (exact) mass is 483 g/mol. The number of nitrogens with one attached hydrogen (secondary N) is 3. The van der Waals surface area contributed by atoms with Crippen molar-refractivity contribution >= 4 is 41.9 Å². The van der Waals surface area contributed by atoms with Crippen molar-refractivity contribution in [3.8, 4) is 0 Å². The van der Waals surface area contributed by atoms with Gasteiger partial charge < -0.3 is 25.6 Å². The molecule has 0 aromatic rings. The van der Waals surface area contributed by atoms with Gasteiger partial charge in [0.15, 0.2) is 5.96 Å². The summed E-state index contributed by atoms with van der Waals surface area (Å²) < 4.78 is 5.33. The molecule has 0 aromatic heterocycles. The number of nitrogens with zero attached hydrogens (tertiary/aromatic N) is 2. The van der Waals surface area contributed by atoms with Gasteiger partial charge in [0.2, 0.25) is 5.91 Å². The van der Waals surface area contributed by atoms with Gasteiger partial charge in [0.05, 0.1) is 6.04 Å². The summed E-state index contributed by atoms with van der Waals surface area (Å²) in [5.74, 6) is 0.439. The molecule has 0 atom stereocenters. The lowest BCUT2D eigenvalue weighted by Crippen LogP contribution is -2.63. The van der Waals surface area contributed by atoms with Gasteiger partial charge in [-0.2, -0.15) is 0 Å². The van der Waals surface area contributed by atoms with E-state index >= 15 is 0 Å². The molecule has 3 N–H and O–H groups in total. The van der Waals surface area contributed by atoms with E-state index in [1.165, 1.54) is 0 Å². The van der Waals surface area contributed by atoms with Gasteiger partial charge in [-0.05, 0) is 48.5 Å². The number of carbonyl (C=O) groups excluding carboxylic acids is 2. The Morgan fingerprint density at radius 3 is 2.19 bits per heavy atom. The second-order valence-electron chi connectivity index (χ2n) is 8.22. The number of likely N-dealkylation sites (tertiary alicyclic amines) is 1. The Labute approximate surface area is 173 Å². The molecule has 26 heavy (non-hydrogen) atoms. The number of guanidine groups is 1. The van der Waals surface area contributed by atoms with Crippen LogP contribution in [-0.4, -0.2) is 66.2 Å². The van der Waals surface area contributed by atoms with Gasteiger partial charge in [-0.25, -0.2) is 9.79 Å². The van der Waals surface area contributed by atoms with Gasteiger partial charge in [-0.15, -0.1) is 24.0 Å². The maximum Gasteiger partial charge on any atom is 0.410 e. The van der Waals surface area contributed by atoms with Crippen LogP contribution in [0.3, 0.4) is 0 Å². The summed E-state index contributed by atoms with van der Waals surface area (Å²) >= 11 is 0. The first-order valence-corrected chi connectivity index (χ1v) is 8.73. The molecule has 1 rings (SSSR count). The lowest BCUT2D eigenvalue weighted by atomic mass is 10.1. The van der Waals surface area contributed by atoms with E-state index in [0.717, 1.165) is 0 Å². The van der Waals surface area contributed by atoms with E-state index in [1.54, 1.807) is 4.90 Å². The number of carbonyl (C=O) groups is 2. The number of hydrogen-bond donors (Lipinski definition) is 3. The van der Waals surface area contributed by atoms with E-state index in [2.05, 4.69) is 20.9 Å². The molecule has 152 valence electrons. The minimum Gasteiger partial charge on any atom is -0.444 e. The molecule has 1 aliphatic rings. The number of rotatable bonds is 4. The fourth-order valence-corrected chi connectivity index (χ4v) is 2.17. The predicted octanol–water partition coefficient (Wildman–Crippen LogP) is 1.69. The fourth-order valence-electron chi connectivity index (χ4n) is 2.17. The van der Waals surface area contributed by atoms with Crippen molar-refractivity contribution in [3.05, 3.63) is 0 Å². The van der Waals surface area contributed by atoms with Gasteiger partial charge in [-0.1, -0.05) is 0 Å². The van der Waals surface area contributed by atoms with Crippen molar-refractivity contribution < 1.29 is 14.3 Å². The molecule has 9 heteroatoms. The molecule has 1 aliphatic heterocycles. The Bertz CT molecular complexity index is 506. The van der Waals surface area contributed by atoms with E-state index in [1.807, 2.05) is 48.5 Å². The third kappa shape index (κ3) is 10.0. The normalized spacial score (nSPS) is 15.5. The number of hydrogen-bond acceptors (Lipinski definition) is 4. The fraction of sp³-hybridized carbons (Fsp3) is 0.824.